The normalized spacial score (nSPS) is 20.5. The van der Waals surface area contributed by atoms with Crippen LogP contribution in [0, 0.1) is 0 Å². The topological polar surface area (TPSA) is 55.1 Å². The molecule has 0 aliphatic carbocycles. The fraction of sp³-hybridized carbons (Fsp3) is 0.889. The van der Waals surface area contributed by atoms with Crippen molar-refractivity contribution >= 4 is 41.8 Å². The molecule has 1 atom stereocenters. The van der Waals surface area contributed by atoms with Gasteiger partial charge in [-0.25, -0.2) is 0 Å². The molecule has 1 aliphatic heterocycles. The summed E-state index contributed by atoms with van der Waals surface area (Å²) in [7, 11) is 0. The molecule has 0 bridgehead atoms. The van der Waals surface area contributed by atoms with Crippen molar-refractivity contribution in [3.05, 3.63) is 0 Å². The van der Waals surface area contributed by atoms with Crippen molar-refractivity contribution in [3.8, 4) is 0 Å². The van der Waals surface area contributed by atoms with E-state index in [-0.39, 0.29) is 23.6 Å². The number of carbonyl (C=O) groups is 1. The first kappa shape index (κ1) is 15.4. The first-order valence-electron chi connectivity index (χ1n) is 5.01. The van der Waals surface area contributed by atoms with E-state index in [1.165, 1.54) is 5.75 Å². The monoisotopic (exact) mass is 270 g/mol. The number of hydrogen-bond donors (Lipinski definition) is 2. The van der Waals surface area contributed by atoms with Gasteiger partial charge < -0.3 is 11.1 Å². The molecule has 1 rings (SSSR count). The molecule has 3 nitrogen and oxygen atoms in total. The van der Waals surface area contributed by atoms with Crippen molar-refractivity contribution in [1.82, 2.24) is 5.32 Å². The van der Waals surface area contributed by atoms with Gasteiger partial charge in [-0.05, 0) is 19.4 Å². The molecule has 1 fully saturated rings. The molecule has 1 unspecified atom stereocenters. The van der Waals surface area contributed by atoms with Gasteiger partial charge in [0.25, 0.3) is 0 Å². The third kappa shape index (κ3) is 6.56. The summed E-state index contributed by atoms with van der Waals surface area (Å²) in [5, 5.41) is 3.13. The Hall–Kier alpha value is 0.420. The molecule has 0 aromatic carbocycles. The molecule has 15 heavy (non-hydrogen) atoms. The first-order valence-corrected chi connectivity index (χ1v) is 7.22. The number of halogens is 1. The molecule has 90 valence electrons. The van der Waals surface area contributed by atoms with Crippen LogP contribution >= 0.6 is 35.9 Å². The Balaban J connectivity index is 0.00000196. The van der Waals surface area contributed by atoms with Gasteiger partial charge in [-0.3, -0.25) is 4.79 Å². The molecule has 0 spiro atoms. The Morgan fingerprint density at radius 2 is 2.20 bits per heavy atom. The van der Waals surface area contributed by atoms with Gasteiger partial charge in [-0.2, -0.15) is 11.8 Å². The highest BCUT2D eigenvalue weighted by Crippen LogP contribution is 2.23. The Bertz CT molecular complexity index is 177. The number of thioether (sulfide) groups is 2. The number of nitrogens with two attached hydrogens (primary N) is 1. The van der Waals surface area contributed by atoms with Gasteiger partial charge in [0.1, 0.15) is 0 Å². The van der Waals surface area contributed by atoms with E-state index in [9.17, 15) is 4.79 Å². The highest BCUT2D eigenvalue weighted by atomic mass is 35.5. The maximum Gasteiger partial charge on any atom is 0.233 e. The lowest BCUT2D eigenvalue weighted by Crippen LogP contribution is -2.36. The second-order valence-corrected chi connectivity index (χ2v) is 5.68. The Morgan fingerprint density at radius 3 is 2.80 bits per heavy atom. The minimum atomic E-state index is 0. The SMILES string of the molecule is Cl.NCCCCNC(=O)C1CSCCS1. The second kappa shape index (κ2) is 9.63. The van der Waals surface area contributed by atoms with Crippen LogP contribution in [-0.4, -0.2) is 41.5 Å². The maximum absolute atomic E-state index is 11.6. The summed E-state index contributed by atoms with van der Waals surface area (Å²) in [4.78, 5) is 11.6. The Morgan fingerprint density at radius 1 is 1.40 bits per heavy atom. The molecule has 0 radical (unpaired) electrons. The Labute approximate surface area is 106 Å². The van der Waals surface area contributed by atoms with Gasteiger partial charge in [-0.15, -0.1) is 24.2 Å². The summed E-state index contributed by atoms with van der Waals surface area (Å²) >= 11 is 3.65. The number of unbranched alkanes of at least 4 members (excludes halogenated alkanes) is 1. The zero-order valence-electron chi connectivity index (χ0n) is 8.74. The molecular weight excluding hydrogens is 252 g/mol. The zero-order chi connectivity index (χ0) is 10.2. The highest BCUT2D eigenvalue weighted by molar-refractivity contribution is 8.07. The van der Waals surface area contributed by atoms with Crippen LogP contribution in [0.15, 0.2) is 0 Å². The van der Waals surface area contributed by atoms with E-state index < -0.39 is 0 Å². The van der Waals surface area contributed by atoms with Crippen LogP contribution in [0.1, 0.15) is 12.8 Å². The summed E-state index contributed by atoms with van der Waals surface area (Å²) in [5.74, 6) is 3.46. The summed E-state index contributed by atoms with van der Waals surface area (Å²) in [6.07, 6.45) is 1.99. The predicted molar refractivity (Wildman–Crippen MR) is 72.1 cm³/mol. The van der Waals surface area contributed by atoms with E-state index in [1.54, 1.807) is 11.8 Å². The molecule has 0 aromatic rings. The average molecular weight is 271 g/mol. The van der Waals surface area contributed by atoms with Gasteiger partial charge in [0.2, 0.25) is 5.91 Å². The molecular formula is C9H19ClN2OS2. The molecule has 1 heterocycles. The first-order chi connectivity index (χ1) is 6.84. The lowest BCUT2D eigenvalue weighted by atomic mass is 10.3. The second-order valence-electron chi connectivity index (χ2n) is 3.22. The number of nitrogens with one attached hydrogen (secondary N) is 1. The van der Waals surface area contributed by atoms with E-state index in [2.05, 4.69) is 5.32 Å². The van der Waals surface area contributed by atoms with Gasteiger partial charge in [-0.1, -0.05) is 0 Å². The molecule has 1 saturated heterocycles. The van der Waals surface area contributed by atoms with Crippen LogP contribution in [0.5, 0.6) is 0 Å². The number of amides is 1. The van der Waals surface area contributed by atoms with Crippen molar-refractivity contribution in [2.45, 2.75) is 18.1 Å². The third-order valence-corrected chi connectivity index (χ3v) is 4.79. The van der Waals surface area contributed by atoms with Crippen molar-refractivity contribution in [2.75, 3.05) is 30.3 Å². The van der Waals surface area contributed by atoms with Crippen LogP contribution in [0.2, 0.25) is 0 Å². The van der Waals surface area contributed by atoms with Crippen LogP contribution in [0.25, 0.3) is 0 Å². The average Bonchev–Trinajstić information content (AvgIpc) is 2.25. The smallest absolute Gasteiger partial charge is 0.233 e. The van der Waals surface area contributed by atoms with Gasteiger partial charge in [0, 0.05) is 23.8 Å². The molecule has 1 aliphatic rings. The number of rotatable bonds is 5. The van der Waals surface area contributed by atoms with Crippen molar-refractivity contribution in [3.63, 3.8) is 0 Å². The summed E-state index contributed by atoms with van der Waals surface area (Å²) in [6.45, 7) is 1.49. The van der Waals surface area contributed by atoms with Crippen LogP contribution in [0.3, 0.4) is 0 Å². The number of hydrogen-bond acceptors (Lipinski definition) is 4. The molecule has 0 saturated carbocycles. The lowest BCUT2D eigenvalue weighted by molar-refractivity contribution is -0.120. The van der Waals surface area contributed by atoms with Gasteiger partial charge >= 0.3 is 0 Å². The largest absolute Gasteiger partial charge is 0.355 e. The maximum atomic E-state index is 11.6. The highest BCUT2D eigenvalue weighted by Gasteiger charge is 2.21. The predicted octanol–water partition coefficient (Wildman–Crippen LogP) is 1.11. The molecule has 3 N–H and O–H groups in total. The van der Waals surface area contributed by atoms with Crippen LogP contribution < -0.4 is 11.1 Å². The summed E-state index contributed by atoms with van der Waals surface area (Å²) in [5.41, 5.74) is 5.37. The fourth-order valence-electron chi connectivity index (χ4n) is 1.23. The summed E-state index contributed by atoms with van der Waals surface area (Å²) < 4.78 is 0. The van der Waals surface area contributed by atoms with E-state index in [0.717, 1.165) is 30.9 Å². The van der Waals surface area contributed by atoms with Crippen LogP contribution in [-0.2, 0) is 4.79 Å². The van der Waals surface area contributed by atoms with E-state index in [0.29, 0.717) is 6.54 Å². The molecule has 0 aromatic heterocycles. The fourth-order valence-corrected chi connectivity index (χ4v) is 3.82. The van der Waals surface area contributed by atoms with Crippen molar-refractivity contribution in [2.24, 2.45) is 5.73 Å². The van der Waals surface area contributed by atoms with Crippen LogP contribution in [0.4, 0.5) is 0 Å². The zero-order valence-corrected chi connectivity index (χ0v) is 11.2. The van der Waals surface area contributed by atoms with Crippen molar-refractivity contribution < 1.29 is 4.79 Å². The number of carbonyl (C=O) groups excluding carboxylic acids is 1. The minimum Gasteiger partial charge on any atom is -0.355 e. The van der Waals surface area contributed by atoms with E-state index in [1.807, 2.05) is 11.8 Å². The van der Waals surface area contributed by atoms with Gasteiger partial charge in [0.05, 0.1) is 5.25 Å². The molecule has 6 heteroatoms. The quantitative estimate of drug-likeness (QED) is 0.735. The van der Waals surface area contributed by atoms with E-state index in [4.69, 9.17) is 5.73 Å². The third-order valence-electron chi connectivity index (χ3n) is 2.04. The standard InChI is InChI=1S/C9H18N2OS2.ClH/c10-3-1-2-4-11-9(12)8-7-13-5-6-14-8;/h8H,1-7,10H2,(H,11,12);1H. The minimum absolute atomic E-state index is 0. The van der Waals surface area contributed by atoms with E-state index >= 15 is 0 Å². The lowest BCUT2D eigenvalue weighted by Gasteiger charge is -2.20. The van der Waals surface area contributed by atoms with Gasteiger partial charge in [0.15, 0.2) is 0 Å². The Kier molecular flexibility index (Phi) is 9.90. The van der Waals surface area contributed by atoms with Crippen molar-refractivity contribution in [1.29, 1.82) is 0 Å². The summed E-state index contributed by atoms with van der Waals surface area (Å²) in [6, 6.07) is 0. The molecule has 1 amide bonds.